The van der Waals surface area contributed by atoms with Gasteiger partial charge in [0.15, 0.2) is 17.1 Å². The maximum Gasteiger partial charge on any atom is 0.417 e. The highest BCUT2D eigenvalue weighted by Crippen LogP contribution is 2.57. The first-order chi connectivity index (χ1) is 25.9. The molecule has 8 rings (SSSR count). The van der Waals surface area contributed by atoms with Gasteiger partial charge in [-0.2, -0.15) is 13.2 Å². The van der Waals surface area contributed by atoms with E-state index >= 15 is 13.2 Å². The number of hydrogen-bond acceptors (Lipinski definition) is 10. The van der Waals surface area contributed by atoms with E-state index in [0.29, 0.717) is 13.1 Å². The van der Waals surface area contributed by atoms with E-state index in [1.165, 1.54) is 6.07 Å². The Morgan fingerprint density at radius 2 is 1.59 bits per heavy atom. The number of Topliss-reactive ketones (excluding diaryl/α,β-unsaturated/α-hetero) is 2. The van der Waals surface area contributed by atoms with Crippen LogP contribution >= 0.6 is 0 Å². The summed E-state index contributed by atoms with van der Waals surface area (Å²) in [6.45, 7) is 1.33. The van der Waals surface area contributed by atoms with Gasteiger partial charge in [0.1, 0.15) is 30.3 Å². The van der Waals surface area contributed by atoms with E-state index < -0.39 is 52.5 Å². The number of ketones is 2. The second-order valence-electron chi connectivity index (χ2n) is 14.9. The number of aliphatic hydroxyl groups is 2. The number of aromatic nitrogens is 1. The number of fused-ring (bicyclic) bond motifs is 4. The summed E-state index contributed by atoms with van der Waals surface area (Å²) < 4.78 is 63.5. The van der Waals surface area contributed by atoms with Crippen LogP contribution in [0, 0.1) is 11.8 Å². The molecular formula is C41H40F3N3O7. The minimum Gasteiger partial charge on any atom is -0.508 e. The van der Waals surface area contributed by atoms with Crippen LogP contribution in [0.25, 0.3) is 0 Å². The molecule has 2 heterocycles. The van der Waals surface area contributed by atoms with Crippen molar-refractivity contribution in [1.82, 2.24) is 15.0 Å². The lowest BCUT2D eigenvalue weighted by atomic mass is 9.58. The number of benzene rings is 3. The van der Waals surface area contributed by atoms with Crippen molar-refractivity contribution < 1.29 is 47.0 Å². The van der Waals surface area contributed by atoms with Crippen molar-refractivity contribution >= 4 is 11.6 Å². The number of carbonyl (C=O) groups is 2. The fourth-order valence-electron chi connectivity index (χ4n) is 8.88. The lowest BCUT2D eigenvalue weighted by molar-refractivity contribution is -0.139. The van der Waals surface area contributed by atoms with Crippen LogP contribution in [0.1, 0.15) is 79.6 Å². The van der Waals surface area contributed by atoms with Crippen molar-refractivity contribution in [3.8, 4) is 11.6 Å². The lowest BCUT2D eigenvalue weighted by Crippen LogP contribution is -2.59. The minimum atomic E-state index is -4.81. The van der Waals surface area contributed by atoms with Gasteiger partial charge in [-0.3, -0.25) is 19.4 Å². The maximum absolute atomic E-state index is 15.3. The summed E-state index contributed by atoms with van der Waals surface area (Å²) in [5, 5.41) is 28.6. The van der Waals surface area contributed by atoms with Gasteiger partial charge in [0.2, 0.25) is 5.78 Å². The molecule has 0 bridgehead atoms. The smallest absolute Gasteiger partial charge is 0.417 e. The first-order valence-electron chi connectivity index (χ1n) is 18.1. The molecule has 2 N–H and O–H groups in total. The zero-order chi connectivity index (χ0) is 37.9. The normalized spacial score (nSPS) is 23.9. The molecule has 1 fully saturated rings. The summed E-state index contributed by atoms with van der Waals surface area (Å²) in [5.74, 6) is -4.98. The molecule has 0 unspecified atom stereocenters. The third kappa shape index (κ3) is 5.98. The Balaban J connectivity index is 1.25. The molecule has 0 amide bonds. The zero-order valence-corrected chi connectivity index (χ0v) is 29.9. The van der Waals surface area contributed by atoms with Gasteiger partial charge in [-0.25, -0.2) is 0 Å². The molecular weight excluding hydrogens is 703 g/mol. The number of halogens is 3. The lowest BCUT2D eigenvalue weighted by Gasteiger charge is -2.49. The number of nitrogens with zero attached hydrogens (tertiary/aromatic N) is 3. The number of aliphatic hydroxyl groups excluding tert-OH is 1. The van der Waals surface area contributed by atoms with Gasteiger partial charge < -0.3 is 24.2 Å². The van der Waals surface area contributed by atoms with Crippen LogP contribution in [0.3, 0.4) is 0 Å². The average molecular weight is 744 g/mol. The molecule has 1 saturated heterocycles. The first-order valence-corrected chi connectivity index (χ1v) is 18.1. The molecule has 0 saturated carbocycles. The largest absolute Gasteiger partial charge is 0.508 e. The molecule has 54 heavy (non-hydrogen) atoms. The van der Waals surface area contributed by atoms with Gasteiger partial charge in [-0.1, -0.05) is 60.7 Å². The predicted molar refractivity (Wildman–Crippen MR) is 189 cm³/mol. The minimum absolute atomic E-state index is 0.0105. The Hall–Kier alpha value is -4.98. The van der Waals surface area contributed by atoms with Crippen LogP contribution in [0.2, 0.25) is 0 Å². The van der Waals surface area contributed by atoms with E-state index in [2.05, 4.69) is 5.16 Å². The molecule has 3 aliphatic carbocycles. The molecule has 10 nitrogen and oxygen atoms in total. The van der Waals surface area contributed by atoms with Crippen LogP contribution in [-0.2, 0) is 32.4 Å². The quantitative estimate of drug-likeness (QED) is 0.188. The molecule has 0 spiro atoms. The number of hydrogen-bond donors (Lipinski definition) is 2. The third-order valence-corrected chi connectivity index (χ3v) is 11.3. The van der Waals surface area contributed by atoms with E-state index in [1.54, 1.807) is 43.3 Å². The number of rotatable bonds is 9. The topological polar surface area (TPSA) is 126 Å². The third-order valence-electron chi connectivity index (χ3n) is 11.3. The Kier molecular flexibility index (Phi) is 9.14. The highest BCUT2D eigenvalue weighted by Gasteiger charge is 2.64. The van der Waals surface area contributed by atoms with Gasteiger partial charge in [0, 0.05) is 18.0 Å². The van der Waals surface area contributed by atoms with Crippen LogP contribution in [0.4, 0.5) is 13.2 Å². The maximum atomic E-state index is 15.3. The summed E-state index contributed by atoms with van der Waals surface area (Å²) in [7, 11) is 3.38. The number of alkyl halides is 3. The molecule has 4 atom stereocenters. The van der Waals surface area contributed by atoms with E-state index in [0.717, 1.165) is 24.0 Å². The Bertz CT molecular complexity index is 2130. The van der Waals surface area contributed by atoms with Crippen molar-refractivity contribution in [3.63, 3.8) is 0 Å². The highest BCUT2D eigenvalue weighted by molar-refractivity contribution is 6.16. The van der Waals surface area contributed by atoms with Crippen molar-refractivity contribution in [2.45, 2.75) is 63.3 Å². The van der Waals surface area contributed by atoms with Gasteiger partial charge in [-0.05, 0) is 92.3 Å². The number of carbonyl (C=O) groups excluding carboxylic acids is 2. The monoisotopic (exact) mass is 743 g/mol. The SMILES string of the molecule is CN(C)[C@@H]1c2onc(OCc3ccccc3)c2C(=O)[C@@]2(O)C(O)=C3C(=O)c4c(OCc5ccccc5)cc(CN5CCCC5)c(C(F)(F)F)c4C[C@H]3C[C@@H]12. The van der Waals surface area contributed by atoms with Crippen LogP contribution in [-0.4, -0.2) is 69.5 Å². The summed E-state index contributed by atoms with van der Waals surface area (Å²) in [6.07, 6.45) is -3.44. The standard InChI is InChI=1S/C41H40F3N3O7/c1-46(2)34-28-18-25-17-27-31(29(52-21-23-11-5-3-6-12-23)19-26(33(27)41(42,43)44)20-47-15-9-10-16-47)35(48)30(25)37(49)40(28,51)38(50)32-36(34)54-45-39(32)53-22-24-13-7-4-8-14-24/h3-8,11-14,19,25,28,34,49,51H,9-10,15-18,20-22H2,1-2H3/t25-,28-,34-,40-/m0/s1. The van der Waals surface area contributed by atoms with Gasteiger partial charge in [0.05, 0.1) is 17.2 Å². The second kappa shape index (κ2) is 13.7. The van der Waals surface area contributed by atoms with E-state index in [1.807, 2.05) is 41.3 Å². The summed E-state index contributed by atoms with van der Waals surface area (Å²) in [4.78, 5) is 32.8. The average Bonchev–Trinajstić information content (AvgIpc) is 3.81. The summed E-state index contributed by atoms with van der Waals surface area (Å²) in [6, 6.07) is 18.6. The van der Waals surface area contributed by atoms with Crippen molar-refractivity contribution in [3.05, 3.63) is 123 Å². The molecule has 13 heteroatoms. The Morgan fingerprint density at radius 1 is 0.963 bits per heavy atom. The summed E-state index contributed by atoms with van der Waals surface area (Å²) in [5.41, 5.74) is -3.00. The molecule has 4 aromatic rings. The molecule has 1 aliphatic heterocycles. The molecule has 4 aliphatic rings. The first kappa shape index (κ1) is 36.0. The fraction of sp³-hybridized carbons (Fsp3) is 0.390. The summed E-state index contributed by atoms with van der Waals surface area (Å²) >= 11 is 0. The molecule has 282 valence electrons. The number of allylic oxidation sites excluding steroid dienone is 1. The molecule has 0 radical (unpaired) electrons. The van der Waals surface area contributed by atoms with Gasteiger partial charge in [0.25, 0.3) is 5.88 Å². The molecule has 3 aromatic carbocycles. The van der Waals surface area contributed by atoms with Crippen LogP contribution < -0.4 is 9.47 Å². The fourth-order valence-corrected chi connectivity index (χ4v) is 8.88. The van der Waals surface area contributed by atoms with Gasteiger partial charge >= 0.3 is 6.18 Å². The molecule has 1 aromatic heterocycles. The van der Waals surface area contributed by atoms with Crippen molar-refractivity contribution in [1.29, 1.82) is 0 Å². The second-order valence-corrected chi connectivity index (χ2v) is 14.9. The van der Waals surface area contributed by atoms with Gasteiger partial charge in [-0.15, -0.1) is 0 Å². The predicted octanol–water partition coefficient (Wildman–Crippen LogP) is 6.86. The Labute approximate surface area is 309 Å². The number of likely N-dealkylation sites (tertiary alicyclic amines) is 1. The Morgan fingerprint density at radius 3 is 2.20 bits per heavy atom. The number of ether oxygens (including phenoxy) is 2. The highest BCUT2D eigenvalue weighted by atomic mass is 19.4. The van der Waals surface area contributed by atoms with E-state index in [-0.39, 0.29) is 77.8 Å². The van der Waals surface area contributed by atoms with E-state index in [9.17, 15) is 19.8 Å². The van der Waals surface area contributed by atoms with Crippen LogP contribution in [0.15, 0.2) is 82.6 Å². The van der Waals surface area contributed by atoms with Crippen LogP contribution in [0.5, 0.6) is 11.6 Å². The van der Waals surface area contributed by atoms with E-state index in [4.69, 9.17) is 14.0 Å². The van der Waals surface area contributed by atoms with Crippen molar-refractivity contribution in [2.24, 2.45) is 11.8 Å². The zero-order valence-electron chi connectivity index (χ0n) is 29.9. The van der Waals surface area contributed by atoms with Crippen molar-refractivity contribution in [2.75, 3.05) is 27.2 Å².